The summed E-state index contributed by atoms with van der Waals surface area (Å²) in [5.74, 6) is -4.09. The summed E-state index contributed by atoms with van der Waals surface area (Å²) in [6.45, 7) is 1.32. The highest BCUT2D eigenvalue weighted by atomic mass is 19.4. The third-order valence-electron chi connectivity index (χ3n) is 4.14. The molecule has 152 valence electrons. The largest absolute Gasteiger partial charge is 0.490 e. The SMILES string of the molecule is O=C(O)C(F)(F)F.OC1(c2ccccc2)CCN(Cc2ncc(F)cc2F)C1. The van der Waals surface area contributed by atoms with Crippen LogP contribution in [0, 0.1) is 11.6 Å². The molecule has 1 unspecified atom stereocenters. The number of halogens is 5. The summed E-state index contributed by atoms with van der Waals surface area (Å²) in [4.78, 5) is 14.6. The van der Waals surface area contributed by atoms with E-state index in [1.54, 1.807) is 0 Å². The number of carboxylic acids is 1. The second-order valence-corrected chi connectivity index (χ2v) is 6.24. The van der Waals surface area contributed by atoms with E-state index in [1.807, 2.05) is 35.2 Å². The molecule has 0 spiro atoms. The summed E-state index contributed by atoms with van der Waals surface area (Å²) in [5, 5.41) is 17.8. The molecule has 2 aromatic rings. The number of carboxylic acid groups (broad SMARTS) is 1. The number of hydrogen-bond donors (Lipinski definition) is 2. The maximum Gasteiger partial charge on any atom is 0.490 e. The van der Waals surface area contributed by atoms with Gasteiger partial charge in [-0.15, -0.1) is 0 Å². The molecule has 1 aliphatic rings. The maximum atomic E-state index is 13.6. The molecule has 0 radical (unpaired) electrons. The molecule has 10 heteroatoms. The summed E-state index contributed by atoms with van der Waals surface area (Å²) >= 11 is 0. The van der Waals surface area contributed by atoms with E-state index in [2.05, 4.69) is 4.98 Å². The molecule has 0 amide bonds. The van der Waals surface area contributed by atoms with Gasteiger partial charge in [-0.1, -0.05) is 30.3 Å². The molecule has 1 atom stereocenters. The van der Waals surface area contributed by atoms with Crippen molar-refractivity contribution in [3.8, 4) is 0 Å². The molecule has 0 aliphatic carbocycles. The van der Waals surface area contributed by atoms with Crippen LogP contribution in [-0.4, -0.2) is 45.3 Å². The Morgan fingerprint density at radius 3 is 2.36 bits per heavy atom. The van der Waals surface area contributed by atoms with Crippen LogP contribution in [0.4, 0.5) is 22.0 Å². The lowest BCUT2D eigenvalue weighted by Crippen LogP contribution is -2.30. The van der Waals surface area contributed by atoms with Crippen LogP contribution in [-0.2, 0) is 16.9 Å². The van der Waals surface area contributed by atoms with Crippen LogP contribution in [0.25, 0.3) is 0 Å². The van der Waals surface area contributed by atoms with E-state index in [1.165, 1.54) is 0 Å². The smallest absolute Gasteiger partial charge is 0.475 e. The fourth-order valence-corrected chi connectivity index (χ4v) is 2.76. The van der Waals surface area contributed by atoms with Gasteiger partial charge < -0.3 is 10.2 Å². The highest BCUT2D eigenvalue weighted by molar-refractivity contribution is 5.73. The number of β-amino-alcohol motifs (C(OH)–C–C–N with tert-alkyl or cyclic N) is 1. The molecule has 0 saturated carbocycles. The van der Waals surface area contributed by atoms with Gasteiger partial charge in [-0.25, -0.2) is 13.6 Å². The molecule has 1 aromatic carbocycles. The Morgan fingerprint density at radius 1 is 1.21 bits per heavy atom. The normalized spacial score (nSPS) is 19.8. The number of carbonyl (C=O) groups is 1. The van der Waals surface area contributed by atoms with Crippen LogP contribution in [0.3, 0.4) is 0 Å². The van der Waals surface area contributed by atoms with Gasteiger partial charge >= 0.3 is 12.1 Å². The van der Waals surface area contributed by atoms with Crippen molar-refractivity contribution in [2.45, 2.75) is 24.7 Å². The predicted octanol–water partition coefficient (Wildman–Crippen LogP) is 3.09. The van der Waals surface area contributed by atoms with Crippen molar-refractivity contribution >= 4 is 5.97 Å². The number of alkyl halides is 3. The molecule has 2 N–H and O–H groups in total. The average molecular weight is 404 g/mol. The number of rotatable bonds is 3. The molecule has 1 aliphatic heterocycles. The van der Waals surface area contributed by atoms with Gasteiger partial charge in [0.05, 0.1) is 11.9 Å². The molecule has 28 heavy (non-hydrogen) atoms. The Balaban J connectivity index is 0.000000345. The number of aliphatic carboxylic acids is 1. The first-order valence-corrected chi connectivity index (χ1v) is 8.11. The highest BCUT2D eigenvalue weighted by Gasteiger charge is 2.38. The first-order valence-electron chi connectivity index (χ1n) is 8.11. The highest BCUT2D eigenvalue weighted by Crippen LogP contribution is 2.32. The van der Waals surface area contributed by atoms with E-state index >= 15 is 0 Å². The van der Waals surface area contributed by atoms with Gasteiger partial charge in [0, 0.05) is 25.7 Å². The Labute approximate surface area is 157 Å². The Bertz CT molecular complexity index is 817. The van der Waals surface area contributed by atoms with E-state index in [0.717, 1.165) is 17.8 Å². The van der Waals surface area contributed by atoms with E-state index in [0.29, 0.717) is 19.5 Å². The zero-order valence-corrected chi connectivity index (χ0v) is 14.5. The zero-order chi connectivity index (χ0) is 20.9. The van der Waals surface area contributed by atoms with Crippen molar-refractivity contribution in [2.24, 2.45) is 0 Å². The quantitative estimate of drug-likeness (QED) is 0.770. The Kier molecular flexibility index (Phi) is 6.68. The van der Waals surface area contributed by atoms with Gasteiger partial charge in [0.15, 0.2) is 0 Å². The number of aliphatic hydroxyl groups is 1. The summed E-state index contributed by atoms with van der Waals surface area (Å²) < 4.78 is 58.2. The van der Waals surface area contributed by atoms with Crippen molar-refractivity contribution in [3.05, 3.63) is 65.5 Å². The number of aromatic nitrogens is 1. The molecular formula is C18H17F5N2O3. The fraction of sp³-hybridized carbons (Fsp3) is 0.333. The second-order valence-electron chi connectivity index (χ2n) is 6.24. The van der Waals surface area contributed by atoms with Gasteiger partial charge in [0.1, 0.15) is 17.2 Å². The van der Waals surface area contributed by atoms with Gasteiger partial charge in [0.25, 0.3) is 0 Å². The number of benzene rings is 1. The lowest BCUT2D eigenvalue weighted by atomic mass is 9.93. The van der Waals surface area contributed by atoms with Crippen LogP contribution < -0.4 is 0 Å². The van der Waals surface area contributed by atoms with Crippen LogP contribution in [0.1, 0.15) is 17.7 Å². The third-order valence-corrected chi connectivity index (χ3v) is 4.14. The van der Waals surface area contributed by atoms with Crippen molar-refractivity contribution in [3.63, 3.8) is 0 Å². The van der Waals surface area contributed by atoms with Crippen LogP contribution in [0.5, 0.6) is 0 Å². The average Bonchev–Trinajstić information content (AvgIpc) is 3.00. The van der Waals surface area contributed by atoms with Gasteiger partial charge in [0.2, 0.25) is 0 Å². The molecule has 5 nitrogen and oxygen atoms in total. The van der Waals surface area contributed by atoms with Crippen molar-refractivity contribution < 1.29 is 37.0 Å². The van der Waals surface area contributed by atoms with E-state index in [4.69, 9.17) is 9.90 Å². The Morgan fingerprint density at radius 2 is 1.82 bits per heavy atom. The van der Waals surface area contributed by atoms with E-state index in [-0.39, 0.29) is 12.2 Å². The molecule has 1 saturated heterocycles. The molecule has 1 fully saturated rings. The van der Waals surface area contributed by atoms with E-state index in [9.17, 15) is 27.1 Å². The van der Waals surface area contributed by atoms with Gasteiger partial charge in [-0.05, 0) is 12.0 Å². The lowest BCUT2D eigenvalue weighted by molar-refractivity contribution is -0.192. The van der Waals surface area contributed by atoms with Gasteiger partial charge in [-0.2, -0.15) is 13.2 Å². The molecule has 3 rings (SSSR count). The zero-order valence-electron chi connectivity index (χ0n) is 14.5. The topological polar surface area (TPSA) is 73.7 Å². The maximum absolute atomic E-state index is 13.6. The lowest BCUT2D eigenvalue weighted by Gasteiger charge is -2.24. The second kappa shape index (κ2) is 8.61. The molecular weight excluding hydrogens is 387 g/mol. The van der Waals surface area contributed by atoms with Crippen LogP contribution in [0.15, 0.2) is 42.6 Å². The molecule has 2 heterocycles. The van der Waals surface area contributed by atoms with Crippen molar-refractivity contribution in [1.82, 2.24) is 9.88 Å². The molecule has 0 bridgehead atoms. The standard InChI is InChI=1S/C16H16F2N2O.C2HF3O2/c17-13-8-14(18)15(19-9-13)10-20-7-6-16(21,11-20)12-4-2-1-3-5-12;3-2(4,5)1(6)7/h1-5,8-9,21H,6-7,10-11H2;(H,6,7). The monoisotopic (exact) mass is 404 g/mol. The number of pyridine rings is 1. The number of likely N-dealkylation sites (tertiary alicyclic amines) is 1. The first-order chi connectivity index (χ1) is 13.0. The van der Waals surface area contributed by atoms with Crippen LogP contribution >= 0.6 is 0 Å². The van der Waals surface area contributed by atoms with Gasteiger partial charge in [-0.3, -0.25) is 9.88 Å². The van der Waals surface area contributed by atoms with Crippen molar-refractivity contribution in [1.29, 1.82) is 0 Å². The molecule has 1 aromatic heterocycles. The summed E-state index contributed by atoms with van der Waals surface area (Å²) in [6.07, 6.45) is -3.49. The van der Waals surface area contributed by atoms with Crippen molar-refractivity contribution in [2.75, 3.05) is 13.1 Å². The first kappa shape index (κ1) is 21.7. The summed E-state index contributed by atoms with van der Waals surface area (Å²) in [5.41, 5.74) is 0.145. The van der Waals surface area contributed by atoms with E-state index < -0.39 is 29.4 Å². The minimum atomic E-state index is -5.08. The van der Waals surface area contributed by atoms with Crippen LogP contribution in [0.2, 0.25) is 0 Å². The fourth-order valence-electron chi connectivity index (χ4n) is 2.76. The summed E-state index contributed by atoms with van der Waals surface area (Å²) in [7, 11) is 0. The number of nitrogens with zero attached hydrogens (tertiary/aromatic N) is 2. The minimum Gasteiger partial charge on any atom is -0.475 e. The third kappa shape index (κ3) is 5.70. The predicted molar refractivity (Wildman–Crippen MR) is 88.1 cm³/mol. The minimum absolute atomic E-state index is 0.203. The number of hydrogen-bond acceptors (Lipinski definition) is 4. The summed E-state index contributed by atoms with van der Waals surface area (Å²) in [6, 6.07) is 10.3. The Hall–Kier alpha value is -2.59.